The number of hydrogen-bond acceptors (Lipinski definition) is 5. The Morgan fingerprint density at radius 2 is 1.86 bits per heavy atom. The van der Waals surface area contributed by atoms with Crippen molar-refractivity contribution < 1.29 is 22.7 Å². The number of ether oxygens (including phenoxy) is 1. The molecule has 2 N–H and O–H groups in total. The molecule has 2 fully saturated rings. The average Bonchev–Trinajstić information content (AvgIpc) is 3.30. The Balaban J connectivity index is 1.53. The fourth-order valence-corrected chi connectivity index (χ4v) is 5.99. The Hall–Kier alpha value is -1.93. The number of carbonyl (C=O) groups is 2. The molecule has 0 heterocycles. The highest BCUT2D eigenvalue weighted by Gasteiger charge is 2.42. The molecule has 4 unspecified atom stereocenters. The van der Waals surface area contributed by atoms with Gasteiger partial charge in [0, 0.05) is 18.2 Å². The number of amides is 1. The summed E-state index contributed by atoms with van der Waals surface area (Å²) in [6.45, 7) is 3.95. The van der Waals surface area contributed by atoms with E-state index in [2.05, 4.69) is 10.0 Å². The minimum Gasteiger partial charge on any atom is -0.466 e. The summed E-state index contributed by atoms with van der Waals surface area (Å²) in [7, 11) is -3.61. The highest BCUT2D eigenvalue weighted by Crippen LogP contribution is 2.49. The predicted octanol–water partition coefficient (Wildman–Crippen LogP) is 3.07. The van der Waals surface area contributed by atoms with E-state index >= 15 is 0 Å². The maximum Gasteiger partial charge on any atom is 0.306 e. The van der Waals surface area contributed by atoms with E-state index in [9.17, 15) is 18.0 Å². The Morgan fingerprint density at radius 3 is 2.45 bits per heavy atom. The molecule has 0 aromatic heterocycles. The number of anilines is 1. The van der Waals surface area contributed by atoms with E-state index in [1.807, 2.05) is 6.92 Å². The van der Waals surface area contributed by atoms with Gasteiger partial charge in [-0.2, -0.15) is 0 Å². The van der Waals surface area contributed by atoms with Crippen molar-refractivity contribution in [3.63, 3.8) is 0 Å². The number of sulfonamides is 1. The van der Waals surface area contributed by atoms with Gasteiger partial charge >= 0.3 is 5.97 Å². The molecule has 0 aliphatic heterocycles. The van der Waals surface area contributed by atoms with Crippen molar-refractivity contribution in [3.05, 3.63) is 24.3 Å². The minimum absolute atomic E-state index is 0.0109. The topological polar surface area (TPSA) is 102 Å². The first-order valence-electron chi connectivity index (χ1n) is 10.4. The van der Waals surface area contributed by atoms with Crippen molar-refractivity contribution in [1.29, 1.82) is 0 Å². The molecule has 1 aromatic rings. The van der Waals surface area contributed by atoms with Gasteiger partial charge in [0.2, 0.25) is 15.9 Å². The van der Waals surface area contributed by atoms with Crippen LogP contribution in [0.25, 0.3) is 0 Å². The van der Waals surface area contributed by atoms with Crippen LogP contribution >= 0.6 is 0 Å². The van der Waals surface area contributed by atoms with Crippen LogP contribution in [-0.4, -0.2) is 32.9 Å². The molecule has 2 bridgehead atoms. The molecule has 2 saturated carbocycles. The third kappa shape index (κ3) is 5.57. The summed E-state index contributed by atoms with van der Waals surface area (Å²) in [6, 6.07) is 5.99. The quantitative estimate of drug-likeness (QED) is 0.596. The highest BCUT2D eigenvalue weighted by molar-refractivity contribution is 7.89. The van der Waals surface area contributed by atoms with E-state index < -0.39 is 16.0 Å². The van der Waals surface area contributed by atoms with Gasteiger partial charge in [0.05, 0.1) is 17.9 Å². The summed E-state index contributed by atoms with van der Waals surface area (Å²) < 4.78 is 33.1. The molecular weight excluding hydrogens is 392 g/mol. The molecule has 1 aromatic carbocycles. The molecule has 3 rings (SSSR count). The molecule has 7 nitrogen and oxygen atoms in total. The molecule has 160 valence electrons. The Kier molecular flexibility index (Phi) is 6.95. The van der Waals surface area contributed by atoms with E-state index in [1.54, 1.807) is 19.1 Å². The first-order chi connectivity index (χ1) is 13.8. The van der Waals surface area contributed by atoms with Gasteiger partial charge in [-0.3, -0.25) is 9.59 Å². The van der Waals surface area contributed by atoms with Gasteiger partial charge < -0.3 is 10.1 Å². The van der Waals surface area contributed by atoms with Crippen molar-refractivity contribution in [1.82, 2.24) is 4.72 Å². The van der Waals surface area contributed by atoms with E-state index in [0.29, 0.717) is 17.5 Å². The van der Waals surface area contributed by atoms with Gasteiger partial charge in [0.15, 0.2) is 0 Å². The van der Waals surface area contributed by atoms with E-state index in [-0.39, 0.29) is 36.3 Å². The number of hydrogen-bond donors (Lipinski definition) is 2. The molecular formula is C21H30N2O5S. The van der Waals surface area contributed by atoms with Crippen LogP contribution in [0.15, 0.2) is 29.2 Å². The summed E-state index contributed by atoms with van der Waals surface area (Å²) >= 11 is 0. The second kappa shape index (κ2) is 9.26. The fraction of sp³-hybridized carbons (Fsp3) is 0.619. The minimum atomic E-state index is -3.61. The van der Waals surface area contributed by atoms with E-state index in [1.165, 1.54) is 31.4 Å². The number of nitrogens with one attached hydrogen (secondary N) is 2. The SMILES string of the molecule is CCOC(=O)CCC(=O)Nc1ccc(S(=O)(=O)NC(C)C2CC3CCC2C3)cc1. The molecule has 0 radical (unpaired) electrons. The Labute approximate surface area is 172 Å². The smallest absolute Gasteiger partial charge is 0.306 e. The van der Waals surface area contributed by atoms with Crippen LogP contribution in [0.5, 0.6) is 0 Å². The normalized spacial score (nSPS) is 24.3. The summed E-state index contributed by atoms with van der Waals surface area (Å²) in [5, 5.41) is 2.66. The average molecular weight is 423 g/mol. The Morgan fingerprint density at radius 1 is 1.14 bits per heavy atom. The van der Waals surface area contributed by atoms with Crippen molar-refractivity contribution >= 4 is 27.6 Å². The van der Waals surface area contributed by atoms with Crippen LogP contribution in [0, 0.1) is 17.8 Å². The van der Waals surface area contributed by atoms with Crippen LogP contribution in [0.3, 0.4) is 0 Å². The third-order valence-corrected chi connectivity index (χ3v) is 7.66. The van der Waals surface area contributed by atoms with Gasteiger partial charge in [-0.1, -0.05) is 6.42 Å². The maximum absolute atomic E-state index is 12.7. The van der Waals surface area contributed by atoms with Gasteiger partial charge in [-0.05, 0) is 75.1 Å². The van der Waals surface area contributed by atoms with Gasteiger partial charge in [0.25, 0.3) is 0 Å². The van der Waals surface area contributed by atoms with Crippen molar-refractivity contribution in [2.45, 2.75) is 63.3 Å². The van der Waals surface area contributed by atoms with Crippen LogP contribution < -0.4 is 10.0 Å². The van der Waals surface area contributed by atoms with E-state index in [0.717, 1.165) is 12.3 Å². The zero-order valence-corrected chi connectivity index (χ0v) is 17.8. The summed E-state index contributed by atoms with van der Waals surface area (Å²) in [4.78, 5) is 23.4. The summed E-state index contributed by atoms with van der Waals surface area (Å²) in [5.41, 5.74) is 0.485. The van der Waals surface area contributed by atoms with Crippen molar-refractivity contribution in [2.24, 2.45) is 17.8 Å². The number of fused-ring (bicyclic) bond motifs is 2. The number of benzene rings is 1. The second-order valence-corrected chi connectivity index (χ2v) is 9.84. The van der Waals surface area contributed by atoms with E-state index in [4.69, 9.17) is 4.74 Å². The zero-order chi connectivity index (χ0) is 21.0. The van der Waals surface area contributed by atoms with Crippen molar-refractivity contribution in [2.75, 3.05) is 11.9 Å². The number of carbonyl (C=O) groups excluding carboxylic acids is 2. The second-order valence-electron chi connectivity index (χ2n) is 8.13. The lowest BCUT2D eigenvalue weighted by atomic mass is 9.84. The molecule has 4 atom stereocenters. The lowest BCUT2D eigenvalue weighted by Gasteiger charge is -2.28. The van der Waals surface area contributed by atoms with Gasteiger partial charge in [-0.25, -0.2) is 13.1 Å². The van der Waals surface area contributed by atoms with Crippen LogP contribution in [0.4, 0.5) is 5.69 Å². The summed E-state index contributed by atoms with van der Waals surface area (Å²) in [6.07, 6.45) is 4.88. The molecule has 0 spiro atoms. The van der Waals surface area contributed by atoms with Crippen LogP contribution in [0.2, 0.25) is 0 Å². The standard InChI is InChI=1S/C21H30N2O5S/c1-3-28-21(25)11-10-20(24)22-17-6-8-18(9-7-17)29(26,27)23-14(2)19-13-15-4-5-16(19)12-15/h6-9,14-16,19,23H,3-5,10-13H2,1-2H3,(H,22,24). The first-order valence-corrected chi connectivity index (χ1v) is 11.8. The van der Waals surface area contributed by atoms with Crippen LogP contribution in [-0.2, 0) is 24.3 Å². The molecule has 2 aliphatic rings. The Bertz CT molecular complexity index is 837. The van der Waals surface area contributed by atoms with Gasteiger partial charge in [-0.15, -0.1) is 0 Å². The third-order valence-electron chi connectivity index (χ3n) is 6.09. The molecule has 1 amide bonds. The zero-order valence-electron chi connectivity index (χ0n) is 17.0. The number of esters is 1. The van der Waals surface area contributed by atoms with Crippen molar-refractivity contribution in [3.8, 4) is 0 Å². The molecule has 29 heavy (non-hydrogen) atoms. The maximum atomic E-state index is 12.7. The summed E-state index contributed by atoms with van der Waals surface area (Å²) in [5.74, 6) is 1.09. The fourth-order valence-electron chi connectivity index (χ4n) is 4.70. The highest BCUT2D eigenvalue weighted by atomic mass is 32.2. The first kappa shape index (κ1) is 21.8. The van der Waals surface area contributed by atoms with Crippen LogP contribution in [0.1, 0.15) is 52.4 Å². The molecule has 0 saturated heterocycles. The predicted molar refractivity (Wildman–Crippen MR) is 110 cm³/mol. The lowest BCUT2D eigenvalue weighted by molar-refractivity contribution is -0.144. The lowest BCUT2D eigenvalue weighted by Crippen LogP contribution is -2.40. The monoisotopic (exact) mass is 422 g/mol. The molecule has 2 aliphatic carbocycles. The molecule has 8 heteroatoms. The number of rotatable bonds is 9. The largest absolute Gasteiger partial charge is 0.466 e. The van der Waals surface area contributed by atoms with Gasteiger partial charge in [0.1, 0.15) is 0 Å².